The Morgan fingerprint density at radius 1 is 1.26 bits per heavy atom. The predicted octanol–water partition coefficient (Wildman–Crippen LogP) is 5.31. The molecule has 5 nitrogen and oxygen atoms in total. The monoisotopic (exact) mass is 373 g/mol. The highest BCUT2D eigenvalue weighted by atomic mass is 16.6. The van der Waals surface area contributed by atoms with Crippen LogP contribution in [0.4, 0.5) is 10.6 Å². The molecule has 2 fully saturated rings. The van der Waals surface area contributed by atoms with E-state index in [1.165, 1.54) is 44.2 Å². The van der Waals surface area contributed by atoms with Gasteiger partial charge in [0.2, 0.25) is 0 Å². The Balaban J connectivity index is 1.73. The number of amides is 1. The number of likely N-dealkylation sites (tertiary alicyclic amines) is 1. The standard InChI is InChI=1S/C22H35N3O2/c1-5-6-14-24-15-8-7-9-19(24)17-10-13-20(23-16-17)25(18-11-12-18)21(26)27-22(2,3)4/h10,13,16,18-19H,5-9,11-12,14-15H2,1-4H3/t19-/m0/s1. The molecule has 0 spiro atoms. The number of unbranched alkanes of at least 4 members (excludes halogenated alkanes) is 1. The van der Waals surface area contributed by atoms with Crippen LogP contribution in [0, 0.1) is 0 Å². The van der Waals surface area contributed by atoms with Crippen molar-refractivity contribution in [3.05, 3.63) is 23.9 Å². The zero-order valence-corrected chi connectivity index (χ0v) is 17.4. The van der Waals surface area contributed by atoms with Crippen molar-refractivity contribution in [2.24, 2.45) is 0 Å². The number of hydrogen-bond donors (Lipinski definition) is 0. The zero-order valence-electron chi connectivity index (χ0n) is 17.4. The Morgan fingerprint density at radius 2 is 2.04 bits per heavy atom. The van der Waals surface area contributed by atoms with Crippen molar-refractivity contribution in [3.63, 3.8) is 0 Å². The van der Waals surface area contributed by atoms with E-state index in [4.69, 9.17) is 4.74 Å². The van der Waals surface area contributed by atoms with E-state index in [0.717, 1.165) is 19.4 Å². The second-order valence-corrected chi connectivity index (χ2v) is 8.93. The molecular weight excluding hydrogens is 338 g/mol. The van der Waals surface area contributed by atoms with Crippen molar-refractivity contribution in [3.8, 4) is 0 Å². The zero-order chi connectivity index (χ0) is 19.4. The van der Waals surface area contributed by atoms with E-state index in [9.17, 15) is 4.79 Å². The summed E-state index contributed by atoms with van der Waals surface area (Å²) in [4.78, 5) is 21.7. The minimum Gasteiger partial charge on any atom is -0.443 e. The molecule has 1 saturated carbocycles. The van der Waals surface area contributed by atoms with Gasteiger partial charge in [0.1, 0.15) is 11.4 Å². The average molecular weight is 374 g/mol. The number of carbonyl (C=O) groups excluding carboxylic acids is 1. The normalized spacial score (nSPS) is 21.1. The molecule has 1 aliphatic carbocycles. The molecule has 150 valence electrons. The topological polar surface area (TPSA) is 45.7 Å². The lowest BCUT2D eigenvalue weighted by molar-refractivity contribution is 0.0576. The molecule has 0 aromatic carbocycles. The number of rotatable bonds is 6. The fraction of sp³-hybridized carbons (Fsp3) is 0.727. The molecule has 2 heterocycles. The molecule has 1 saturated heterocycles. The minimum atomic E-state index is -0.494. The van der Waals surface area contributed by atoms with Crippen molar-refractivity contribution in [2.75, 3.05) is 18.0 Å². The molecule has 5 heteroatoms. The first kappa shape index (κ1) is 20.1. The van der Waals surface area contributed by atoms with Gasteiger partial charge in [0.15, 0.2) is 0 Å². The first-order valence-electron chi connectivity index (χ1n) is 10.6. The number of ether oxygens (including phenoxy) is 1. The van der Waals surface area contributed by atoms with Crippen molar-refractivity contribution < 1.29 is 9.53 Å². The van der Waals surface area contributed by atoms with E-state index < -0.39 is 5.60 Å². The number of anilines is 1. The van der Waals surface area contributed by atoms with Crippen LogP contribution in [0.1, 0.15) is 84.2 Å². The molecule has 0 unspecified atom stereocenters. The maximum Gasteiger partial charge on any atom is 0.416 e. The van der Waals surface area contributed by atoms with E-state index in [1.54, 1.807) is 4.90 Å². The number of nitrogens with zero attached hydrogens (tertiary/aromatic N) is 3. The molecule has 27 heavy (non-hydrogen) atoms. The van der Waals surface area contributed by atoms with Gasteiger partial charge in [-0.1, -0.05) is 25.8 Å². The molecule has 1 amide bonds. The highest BCUT2D eigenvalue weighted by Gasteiger charge is 2.37. The Labute approximate surface area is 164 Å². The SMILES string of the molecule is CCCCN1CCCC[C@H]1c1ccc(N(C(=O)OC(C)(C)C)C2CC2)nc1. The van der Waals surface area contributed by atoms with Gasteiger partial charge in [-0.3, -0.25) is 9.80 Å². The van der Waals surface area contributed by atoms with E-state index in [1.807, 2.05) is 33.0 Å². The number of aromatic nitrogens is 1. The molecule has 0 bridgehead atoms. The summed E-state index contributed by atoms with van der Waals surface area (Å²) in [5.41, 5.74) is 0.779. The molecule has 0 radical (unpaired) electrons. The van der Waals surface area contributed by atoms with Crippen molar-refractivity contribution in [2.45, 2.75) is 90.3 Å². The number of hydrogen-bond acceptors (Lipinski definition) is 4. The lowest BCUT2D eigenvalue weighted by Crippen LogP contribution is -2.39. The fourth-order valence-corrected chi connectivity index (χ4v) is 3.81. The molecule has 3 rings (SSSR count). The van der Waals surface area contributed by atoms with Gasteiger partial charge in [-0.2, -0.15) is 0 Å². The van der Waals surface area contributed by atoms with E-state index in [2.05, 4.69) is 22.9 Å². The Morgan fingerprint density at radius 3 is 2.63 bits per heavy atom. The fourth-order valence-electron chi connectivity index (χ4n) is 3.81. The van der Waals surface area contributed by atoms with Crippen molar-refractivity contribution in [1.29, 1.82) is 0 Å². The van der Waals surface area contributed by atoms with Crippen LogP contribution in [-0.4, -0.2) is 40.7 Å². The quantitative estimate of drug-likeness (QED) is 0.678. The average Bonchev–Trinajstić information content (AvgIpc) is 3.44. The number of piperidine rings is 1. The van der Waals surface area contributed by atoms with Crippen molar-refractivity contribution >= 4 is 11.9 Å². The van der Waals surface area contributed by atoms with Gasteiger partial charge < -0.3 is 4.74 Å². The summed E-state index contributed by atoms with van der Waals surface area (Å²) >= 11 is 0. The molecule has 1 aromatic heterocycles. The van der Waals surface area contributed by atoms with Gasteiger partial charge in [0, 0.05) is 18.3 Å². The summed E-state index contributed by atoms with van der Waals surface area (Å²) < 4.78 is 5.60. The minimum absolute atomic E-state index is 0.230. The largest absolute Gasteiger partial charge is 0.443 e. The summed E-state index contributed by atoms with van der Waals surface area (Å²) in [6.07, 6.45) is 9.98. The summed E-state index contributed by atoms with van der Waals surface area (Å²) in [6.45, 7) is 10.3. The summed E-state index contributed by atoms with van der Waals surface area (Å²) in [5, 5.41) is 0. The van der Waals surface area contributed by atoms with Gasteiger partial charge in [-0.15, -0.1) is 0 Å². The van der Waals surface area contributed by atoms with Crippen LogP contribution in [0.2, 0.25) is 0 Å². The third-order valence-corrected chi connectivity index (χ3v) is 5.32. The highest BCUT2D eigenvalue weighted by Crippen LogP contribution is 2.34. The van der Waals surface area contributed by atoms with Crippen LogP contribution in [0.5, 0.6) is 0 Å². The van der Waals surface area contributed by atoms with Crippen LogP contribution < -0.4 is 4.90 Å². The maximum absolute atomic E-state index is 12.7. The van der Waals surface area contributed by atoms with Gasteiger partial charge in [-0.05, 0) is 77.6 Å². The summed E-state index contributed by atoms with van der Waals surface area (Å²) in [7, 11) is 0. The third kappa shape index (κ3) is 5.44. The van der Waals surface area contributed by atoms with Gasteiger partial charge in [0.25, 0.3) is 0 Å². The van der Waals surface area contributed by atoms with Crippen LogP contribution >= 0.6 is 0 Å². The first-order chi connectivity index (χ1) is 12.9. The Bertz CT molecular complexity index is 619. The lowest BCUT2D eigenvalue weighted by Gasteiger charge is -2.36. The Kier molecular flexibility index (Phi) is 6.40. The van der Waals surface area contributed by atoms with Crippen LogP contribution in [0.25, 0.3) is 0 Å². The van der Waals surface area contributed by atoms with Gasteiger partial charge in [-0.25, -0.2) is 9.78 Å². The maximum atomic E-state index is 12.7. The number of carbonyl (C=O) groups is 1. The highest BCUT2D eigenvalue weighted by molar-refractivity contribution is 5.88. The molecule has 2 aliphatic rings. The van der Waals surface area contributed by atoms with Crippen molar-refractivity contribution in [1.82, 2.24) is 9.88 Å². The summed E-state index contributed by atoms with van der Waals surface area (Å²) in [6, 6.07) is 4.86. The van der Waals surface area contributed by atoms with Gasteiger partial charge in [0.05, 0.1) is 0 Å². The molecule has 1 aliphatic heterocycles. The molecule has 1 atom stereocenters. The number of pyridine rings is 1. The predicted molar refractivity (Wildman–Crippen MR) is 109 cm³/mol. The van der Waals surface area contributed by atoms with Crippen LogP contribution in [0.15, 0.2) is 18.3 Å². The molecular formula is C22H35N3O2. The Hall–Kier alpha value is -1.62. The smallest absolute Gasteiger partial charge is 0.416 e. The van der Waals surface area contributed by atoms with Gasteiger partial charge >= 0.3 is 6.09 Å². The second kappa shape index (κ2) is 8.59. The van der Waals surface area contributed by atoms with E-state index in [0.29, 0.717) is 11.9 Å². The molecule has 1 aromatic rings. The van der Waals surface area contributed by atoms with Crippen LogP contribution in [-0.2, 0) is 4.74 Å². The third-order valence-electron chi connectivity index (χ3n) is 5.32. The van der Waals surface area contributed by atoms with E-state index in [-0.39, 0.29) is 12.1 Å². The first-order valence-corrected chi connectivity index (χ1v) is 10.6. The van der Waals surface area contributed by atoms with E-state index >= 15 is 0 Å². The van der Waals surface area contributed by atoms with Crippen LogP contribution in [0.3, 0.4) is 0 Å². The molecule has 0 N–H and O–H groups in total. The second-order valence-electron chi connectivity index (χ2n) is 8.93. The summed E-state index contributed by atoms with van der Waals surface area (Å²) in [5.74, 6) is 0.714. The lowest BCUT2D eigenvalue weighted by atomic mass is 9.96.